The number of hydrogen-bond donors (Lipinski definition) is 2. The molecule has 3 nitrogen and oxygen atoms in total. The van der Waals surface area contributed by atoms with E-state index in [0.29, 0.717) is 16.9 Å². The summed E-state index contributed by atoms with van der Waals surface area (Å²) in [5.41, 5.74) is 7.76. The third-order valence-corrected chi connectivity index (χ3v) is 3.83. The predicted molar refractivity (Wildman–Crippen MR) is 95.9 cm³/mol. The van der Waals surface area contributed by atoms with Crippen molar-refractivity contribution in [1.29, 1.82) is 0 Å². The van der Waals surface area contributed by atoms with E-state index in [4.69, 9.17) is 5.73 Å². The Labute approximate surface area is 150 Å². The van der Waals surface area contributed by atoms with Crippen molar-refractivity contribution in [1.82, 2.24) is 0 Å². The highest BCUT2D eigenvalue weighted by Gasteiger charge is 2.30. The number of alkyl halides is 3. The highest BCUT2D eigenvalue weighted by atomic mass is 35.5. The highest BCUT2D eigenvalue weighted by molar-refractivity contribution is 5.92. The molecule has 0 saturated heterocycles. The van der Waals surface area contributed by atoms with Crippen LogP contribution in [0.3, 0.4) is 0 Å². The quantitative estimate of drug-likeness (QED) is 0.729. The number of carbonyl (C=O) groups excluding carboxylic acids is 1. The summed E-state index contributed by atoms with van der Waals surface area (Å²) in [6, 6.07) is 10.1. The Morgan fingerprint density at radius 1 is 1.16 bits per heavy atom. The molecule has 0 aliphatic carbocycles. The summed E-state index contributed by atoms with van der Waals surface area (Å²) >= 11 is 0. The molecule has 0 fully saturated rings. The van der Waals surface area contributed by atoms with Crippen LogP contribution < -0.4 is 11.1 Å². The molecule has 2 rings (SSSR count). The van der Waals surface area contributed by atoms with Crippen LogP contribution in [0.15, 0.2) is 42.5 Å². The van der Waals surface area contributed by atoms with Crippen LogP contribution in [0.25, 0.3) is 0 Å². The number of anilines is 2. The van der Waals surface area contributed by atoms with Gasteiger partial charge in [0.05, 0.1) is 5.56 Å². The van der Waals surface area contributed by atoms with Gasteiger partial charge in [0.2, 0.25) is 5.91 Å². The Morgan fingerprint density at radius 2 is 1.76 bits per heavy atom. The zero-order chi connectivity index (χ0) is 17.9. The van der Waals surface area contributed by atoms with Crippen LogP contribution in [0.4, 0.5) is 24.5 Å². The van der Waals surface area contributed by atoms with Crippen LogP contribution in [0, 0.1) is 6.92 Å². The SMILES string of the molecule is Cc1ccc(N)cc1NC(=O)CC(C)c1ccc(C(F)(F)F)cc1.Cl. The first-order chi connectivity index (χ1) is 11.2. The Morgan fingerprint density at radius 3 is 2.32 bits per heavy atom. The van der Waals surface area contributed by atoms with Gasteiger partial charge in [-0.15, -0.1) is 12.4 Å². The van der Waals surface area contributed by atoms with Gasteiger partial charge in [0.1, 0.15) is 0 Å². The van der Waals surface area contributed by atoms with Gasteiger partial charge in [0.15, 0.2) is 0 Å². The van der Waals surface area contributed by atoms with E-state index in [0.717, 1.165) is 17.7 Å². The maximum Gasteiger partial charge on any atom is 0.416 e. The number of halogens is 4. The molecule has 1 atom stereocenters. The van der Waals surface area contributed by atoms with Gasteiger partial charge in [-0.25, -0.2) is 0 Å². The van der Waals surface area contributed by atoms with Gasteiger partial charge in [-0.2, -0.15) is 13.2 Å². The molecule has 136 valence electrons. The number of hydrogen-bond acceptors (Lipinski definition) is 2. The Balaban J connectivity index is 0.00000312. The average molecular weight is 373 g/mol. The number of nitrogens with one attached hydrogen (secondary N) is 1. The van der Waals surface area contributed by atoms with E-state index in [1.54, 1.807) is 19.1 Å². The van der Waals surface area contributed by atoms with Crippen molar-refractivity contribution in [2.75, 3.05) is 11.1 Å². The van der Waals surface area contributed by atoms with Crippen molar-refractivity contribution < 1.29 is 18.0 Å². The summed E-state index contributed by atoms with van der Waals surface area (Å²) in [6.07, 6.45) is -4.19. The van der Waals surface area contributed by atoms with E-state index in [2.05, 4.69) is 5.32 Å². The lowest BCUT2D eigenvalue weighted by Gasteiger charge is -2.14. The third kappa shape index (κ3) is 5.67. The van der Waals surface area contributed by atoms with E-state index in [1.165, 1.54) is 12.1 Å². The first kappa shape index (κ1) is 20.8. The lowest BCUT2D eigenvalue weighted by molar-refractivity contribution is -0.137. The lowest BCUT2D eigenvalue weighted by atomic mass is 9.96. The highest BCUT2D eigenvalue weighted by Crippen LogP contribution is 2.30. The molecule has 2 aromatic carbocycles. The summed E-state index contributed by atoms with van der Waals surface area (Å²) in [5, 5.41) is 2.79. The molecule has 1 unspecified atom stereocenters. The van der Waals surface area contributed by atoms with E-state index < -0.39 is 11.7 Å². The third-order valence-electron chi connectivity index (χ3n) is 3.83. The molecule has 3 N–H and O–H groups in total. The number of nitrogens with two attached hydrogens (primary N) is 1. The maximum absolute atomic E-state index is 12.6. The van der Waals surface area contributed by atoms with Gasteiger partial charge in [-0.1, -0.05) is 25.1 Å². The number of amides is 1. The molecule has 25 heavy (non-hydrogen) atoms. The van der Waals surface area contributed by atoms with Crippen LogP contribution in [0.1, 0.15) is 36.0 Å². The zero-order valence-electron chi connectivity index (χ0n) is 13.9. The summed E-state index contributed by atoms with van der Waals surface area (Å²) in [6.45, 7) is 3.66. The molecule has 1 amide bonds. The van der Waals surface area contributed by atoms with Crippen molar-refractivity contribution in [2.45, 2.75) is 32.4 Å². The lowest BCUT2D eigenvalue weighted by Crippen LogP contribution is -2.15. The molecule has 0 saturated carbocycles. The second kappa shape index (κ2) is 8.25. The Kier molecular flexibility index (Phi) is 6.87. The number of carbonyl (C=O) groups is 1. The standard InChI is InChI=1S/C18H19F3N2O.ClH/c1-11-3-8-15(22)10-16(11)23-17(24)9-12(2)13-4-6-14(7-5-13)18(19,20)21;/h3-8,10,12H,9,22H2,1-2H3,(H,23,24);1H. The van der Waals surface area contributed by atoms with Crippen molar-refractivity contribution in [3.05, 3.63) is 59.2 Å². The molecule has 7 heteroatoms. The predicted octanol–water partition coefficient (Wildman–Crippen LogP) is 5.15. The number of rotatable bonds is 4. The summed E-state index contributed by atoms with van der Waals surface area (Å²) < 4.78 is 37.7. The van der Waals surface area contributed by atoms with E-state index in [1.807, 2.05) is 13.0 Å². The maximum atomic E-state index is 12.6. The fraction of sp³-hybridized carbons (Fsp3) is 0.278. The molecule has 0 bridgehead atoms. The minimum absolute atomic E-state index is 0. The molecular weight excluding hydrogens is 353 g/mol. The molecule has 0 aromatic heterocycles. The van der Waals surface area contributed by atoms with Crippen molar-refractivity contribution >= 4 is 29.7 Å². The van der Waals surface area contributed by atoms with Gasteiger partial charge < -0.3 is 11.1 Å². The zero-order valence-corrected chi connectivity index (χ0v) is 14.7. The van der Waals surface area contributed by atoms with Crippen LogP contribution in [-0.4, -0.2) is 5.91 Å². The van der Waals surface area contributed by atoms with Crippen molar-refractivity contribution in [3.63, 3.8) is 0 Å². The first-order valence-electron chi connectivity index (χ1n) is 7.50. The second-order valence-electron chi connectivity index (χ2n) is 5.85. The Bertz CT molecular complexity index is 730. The molecule has 0 heterocycles. The van der Waals surface area contributed by atoms with Gasteiger partial charge in [-0.3, -0.25) is 4.79 Å². The van der Waals surface area contributed by atoms with Gasteiger partial charge >= 0.3 is 6.18 Å². The molecular formula is C18H20ClF3N2O. The van der Waals surface area contributed by atoms with E-state index in [9.17, 15) is 18.0 Å². The minimum Gasteiger partial charge on any atom is -0.399 e. The van der Waals surface area contributed by atoms with Crippen molar-refractivity contribution in [3.8, 4) is 0 Å². The molecule has 2 aromatic rings. The van der Waals surface area contributed by atoms with Crippen LogP contribution >= 0.6 is 12.4 Å². The van der Waals surface area contributed by atoms with Gasteiger partial charge in [0.25, 0.3) is 0 Å². The summed E-state index contributed by atoms with van der Waals surface area (Å²) in [4.78, 5) is 12.2. The number of nitrogen functional groups attached to an aromatic ring is 1. The van der Waals surface area contributed by atoms with Gasteiger partial charge in [-0.05, 0) is 48.2 Å². The van der Waals surface area contributed by atoms with Crippen LogP contribution in [0.2, 0.25) is 0 Å². The molecule has 0 radical (unpaired) electrons. The number of aryl methyl sites for hydroxylation is 1. The van der Waals surface area contributed by atoms with Gasteiger partial charge in [0, 0.05) is 17.8 Å². The first-order valence-corrected chi connectivity index (χ1v) is 7.50. The fourth-order valence-corrected chi connectivity index (χ4v) is 2.37. The van der Waals surface area contributed by atoms with E-state index >= 15 is 0 Å². The van der Waals surface area contributed by atoms with Crippen molar-refractivity contribution in [2.24, 2.45) is 0 Å². The van der Waals surface area contributed by atoms with Crippen LogP contribution in [0.5, 0.6) is 0 Å². The number of benzene rings is 2. The molecule has 0 aliphatic rings. The van der Waals surface area contributed by atoms with E-state index in [-0.39, 0.29) is 30.7 Å². The molecule has 0 aliphatic heterocycles. The summed E-state index contributed by atoms with van der Waals surface area (Å²) in [5.74, 6) is -0.412. The minimum atomic E-state index is -4.36. The smallest absolute Gasteiger partial charge is 0.399 e. The normalized spacial score (nSPS) is 12.2. The largest absolute Gasteiger partial charge is 0.416 e. The molecule has 0 spiro atoms. The van der Waals surface area contributed by atoms with Crippen LogP contribution in [-0.2, 0) is 11.0 Å². The fourth-order valence-electron chi connectivity index (χ4n) is 2.37. The Hall–Kier alpha value is -2.21. The average Bonchev–Trinajstić information content (AvgIpc) is 2.50. The monoisotopic (exact) mass is 372 g/mol. The topological polar surface area (TPSA) is 55.1 Å². The second-order valence-corrected chi connectivity index (χ2v) is 5.85. The summed E-state index contributed by atoms with van der Waals surface area (Å²) in [7, 11) is 0.